The number of rotatable bonds is 3. The zero-order chi connectivity index (χ0) is 17.7. The third kappa shape index (κ3) is 2.96. The van der Waals surface area contributed by atoms with Crippen molar-refractivity contribution in [2.45, 2.75) is 31.2 Å². The third-order valence-corrected chi connectivity index (χ3v) is 6.34. The number of aromatic nitrogens is 3. The quantitative estimate of drug-likeness (QED) is 0.483. The Balaban J connectivity index is 1.69. The maximum absolute atomic E-state index is 12.4. The lowest BCUT2D eigenvalue weighted by atomic mass is 10.2. The summed E-state index contributed by atoms with van der Waals surface area (Å²) >= 11 is 8.93. The van der Waals surface area contributed by atoms with Crippen molar-refractivity contribution < 1.29 is 4.42 Å². The molecule has 1 aromatic carbocycles. The van der Waals surface area contributed by atoms with Crippen LogP contribution in [0.4, 0.5) is 0 Å². The van der Waals surface area contributed by atoms with Crippen molar-refractivity contribution in [1.29, 1.82) is 0 Å². The number of benzene rings is 1. The average molecular weight is 392 g/mol. The van der Waals surface area contributed by atoms with Crippen LogP contribution in [-0.2, 0) is 0 Å². The number of fused-ring (bicyclic) bond motifs is 2. The minimum absolute atomic E-state index is 0.0985. The Morgan fingerprint density at radius 1 is 1.32 bits per heavy atom. The normalized spacial score (nSPS) is 13.0. The van der Waals surface area contributed by atoms with Gasteiger partial charge in [0.15, 0.2) is 5.58 Å². The van der Waals surface area contributed by atoms with Gasteiger partial charge in [0.2, 0.25) is 0 Å². The molecule has 1 unspecified atom stereocenters. The van der Waals surface area contributed by atoms with Gasteiger partial charge in [0.1, 0.15) is 16.2 Å². The van der Waals surface area contributed by atoms with E-state index in [4.69, 9.17) is 16.0 Å². The second kappa shape index (κ2) is 6.16. The molecular weight excluding hydrogens is 378 g/mol. The second-order valence-electron chi connectivity index (χ2n) is 5.77. The van der Waals surface area contributed by atoms with Crippen LogP contribution in [-0.4, -0.2) is 15.0 Å². The highest BCUT2D eigenvalue weighted by atomic mass is 35.5. The van der Waals surface area contributed by atoms with Crippen molar-refractivity contribution in [2.75, 3.05) is 0 Å². The molecule has 0 aliphatic heterocycles. The van der Waals surface area contributed by atoms with Gasteiger partial charge < -0.3 is 9.40 Å². The lowest BCUT2D eigenvalue weighted by molar-refractivity contribution is 0.488. The van der Waals surface area contributed by atoms with Crippen LogP contribution in [0.25, 0.3) is 21.3 Å². The molecule has 0 aliphatic carbocycles. The van der Waals surface area contributed by atoms with E-state index in [0.29, 0.717) is 32.6 Å². The van der Waals surface area contributed by atoms with Crippen molar-refractivity contribution in [2.24, 2.45) is 0 Å². The first-order valence-electron chi connectivity index (χ1n) is 7.65. The van der Waals surface area contributed by atoms with Crippen LogP contribution in [0.3, 0.4) is 0 Å². The number of aromatic amines is 1. The van der Waals surface area contributed by atoms with Gasteiger partial charge in [0, 0.05) is 9.90 Å². The smallest absolute Gasteiger partial charge is 0.259 e. The number of nitrogens with one attached hydrogen (secondary N) is 1. The minimum Gasteiger partial charge on any atom is -0.431 e. The summed E-state index contributed by atoms with van der Waals surface area (Å²) < 4.78 is 5.73. The molecule has 0 amide bonds. The highest BCUT2D eigenvalue weighted by molar-refractivity contribution is 7.99. The number of aryl methyl sites for hydroxylation is 2. The molecule has 1 N–H and O–H groups in total. The number of thiophene rings is 1. The van der Waals surface area contributed by atoms with Crippen LogP contribution in [0.15, 0.2) is 32.6 Å². The predicted octanol–water partition coefficient (Wildman–Crippen LogP) is 5.25. The average Bonchev–Trinajstić information content (AvgIpc) is 3.07. The summed E-state index contributed by atoms with van der Waals surface area (Å²) in [6.45, 7) is 5.92. The topological polar surface area (TPSA) is 71.8 Å². The molecule has 0 spiro atoms. The van der Waals surface area contributed by atoms with E-state index < -0.39 is 0 Å². The fraction of sp³-hybridized carbons (Fsp3) is 0.235. The van der Waals surface area contributed by atoms with E-state index in [2.05, 4.69) is 15.0 Å². The fourth-order valence-corrected chi connectivity index (χ4v) is 4.62. The molecule has 0 saturated heterocycles. The van der Waals surface area contributed by atoms with E-state index >= 15 is 0 Å². The van der Waals surface area contributed by atoms with Crippen LogP contribution in [0, 0.1) is 13.8 Å². The van der Waals surface area contributed by atoms with Crippen LogP contribution >= 0.6 is 34.7 Å². The Labute approximate surface area is 156 Å². The molecular formula is C17H14ClN3O2S2. The molecule has 0 radical (unpaired) electrons. The molecule has 3 heterocycles. The van der Waals surface area contributed by atoms with Crippen LogP contribution in [0.2, 0.25) is 5.02 Å². The summed E-state index contributed by atoms with van der Waals surface area (Å²) in [5, 5.41) is 1.71. The summed E-state index contributed by atoms with van der Waals surface area (Å²) in [4.78, 5) is 26.3. The highest BCUT2D eigenvalue weighted by Gasteiger charge is 2.18. The van der Waals surface area contributed by atoms with E-state index in [1.165, 1.54) is 11.8 Å². The first-order chi connectivity index (χ1) is 11.9. The van der Waals surface area contributed by atoms with Crippen LogP contribution in [0.5, 0.6) is 0 Å². The summed E-state index contributed by atoms with van der Waals surface area (Å²) in [6, 6.07) is 5.32. The van der Waals surface area contributed by atoms with E-state index in [1.807, 2.05) is 20.8 Å². The molecule has 128 valence electrons. The molecule has 3 aromatic heterocycles. The molecule has 4 rings (SSSR count). The highest BCUT2D eigenvalue weighted by Crippen LogP contribution is 2.35. The van der Waals surface area contributed by atoms with Crippen molar-refractivity contribution in [3.8, 4) is 0 Å². The Hall–Kier alpha value is -1.83. The summed E-state index contributed by atoms with van der Waals surface area (Å²) in [7, 11) is 0. The predicted molar refractivity (Wildman–Crippen MR) is 103 cm³/mol. The van der Waals surface area contributed by atoms with Crippen LogP contribution < -0.4 is 5.56 Å². The number of nitrogens with zero attached hydrogens (tertiary/aromatic N) is 2. The van der Waals surface area contributed by atoms with Gasteiger partial charge in [-0.25, -0.2) is 9.97 Å². The number of hydrogen-bond acceptors (Lipinski definition) is 6. The Bertz CT molecular complexity index is 1160. The van der Waals surface area contributed by atoms with E-state index in [0.717, 1.165) is 15.3 Å². The molecule has 4 aromatic rings. The zero-order valence-corrected chi connectivity index (χ0v) is 16.1. The Kier molecular flexibility index (Phi) is 4.10. The molecule has 0 aliphatic rings. The maximum Gasteiger partial charge on any atom is 0.259 e. The molecule has 1 atom stereocenters. The molecule has 0 bridgehead atoms. The molecule has 5 nitrogen and oxygen atoms in total. The first kappa shape index (κ1) is 16.6. The summed E-state index contributed by atoms with van der Waals surface area (Å²) in [5.41, 5.74) is 2.29. The zero-order valence-electron chi connectivity index (χ0n) is 13.7. The van der Waals surface area contributed by atoms with Gasteiger partial charge in [-0.2, -0.15) is 0 Å². The van der Waals surface area contributed by atoms with Crippen molar-refractivity contribution in [1.82, 2.24) is 15.0 Å². The lowest BCUT2D eigenvalue weighted by Crippen LogP contribution is -2.12. The van der Waals surface area contributed by atoms with Gasteiger partial charge in [0.25, 0.3) is 10.8 Å². The van der Waals surface area contributed by atoms with E-state index in [1.54, 1.807) is 29.5 Å². The second-order valence-corrected chi connectivity index (χ2v) is 8.70. The van der Waals surface area contributed by atoms with Gasteiger partial charge in [-0.3, -0.25) is 4.79 Å². The molecule has 8 heteroatoms. The molecule has 0 saturated carbocycles. The van der Waals surface area contributed by atoms with Crippen molar-refractivity contribution in [3.05, 3.63) is 49.8 Å². The maximum atomic E-state index is 12.4. The minimum atomic E-state index is -0.108. The van der Waals surface area contributed by atoms with Crippen LogP contribution in [0.1, 0.15) is 28.4 Å². The Morgan fingerprint density at radius 3 is 2.92 bits per heavy atom. The van der Waals surface area contributed by atoms with Gasteiger partial charge in [0.05, 0.1) is 10.6 Å². The number of H-pyrrole nitrogens is 1. The number of thioether (sulfide) groups is 1. The third-order valence-electron chi connectivity index (χ3n) is 4.05. The molecule has 25 heavy (non-hydrogen) atoms. The largest absolute Gasteiger partial charge is 0.431 e. The number of hydrogen-bond donors (Lipinski definition) is 1. The fourth-order valence-electron chi connectivity index (χ4n) is 2.60. The summed E-state index contributed by atoms with van der Waals surface area (Å²) in [5.74, 6) is 0.615. The number of oxazole rings is 1. The summed E-state index contributed by atoms with van der Waals surface area (Å²) in [6.07, 6.45) is 0. The monoisotopic (exact) mass is 391 g/mol. The SMILES string of the molecule is Cc1sc2nc(C(C)Sc3nc4cc(Cl)ccc4o3)[nH]c(=O)c2c1C. The molecule has 0 fully saturated rings. The Morgan fingerprint density at radius 2 is 2.12 bits per heavy atom. The standard InChI is InChI=1S/C17H14ClN3O2S2/c1-7-8(2)24-16-13(7)15(22)20-14(21-16)9(3)25-17-19-11-6-10(18)4-5-12(11)23-17/h4-6,9H,1-3H3,(H,20,21,22). The van der Waals surface area contributed by atoms with Gasteiger partial charge in [-0.1, -0.05) is 23.4 Å². The lowest BCUT2D eigenvalue weighted by Gasteiger charge is -2.07. The van der Waals surface area contributed by atoms with Crippen molar-refractivity contribution >= 4 is 56.0 Å². The number of halogens is 1. The van der Waals surface area contributed by atoms with Gasteiger partial charge in [-0.05, 0) is 44.5 Å². The first-order valence-corrected chi connectivity index (χ1v) is 9.72. The van der Waals surface area contributed by atoms with Gasteiger partial charge >= 0.3 is 0 Å². The van der Waals surface area contributed by atoms with Crippen molar-refractivity contribution in [3.63, 3.8) is 0 Å². The van der Waals surface area contributed by atoms with Gasteiger partial charge in [-0.15, -0.1) is 11.3 Å². The van der Waals surface area contributed by atoms with E-state index in [9.17, 15) is 4.79 Å². The van der Waals surface area contributed by atoms with E-state index in [-0.39, 0.29) is 10.8 Å².